The molecule has 0 saturated carbocycles. The zero-order valence-corrected chi connectivity index (χ0v) is 19.2. The Morgan fingerprint density at radius 3 is 2.21 bits per heavy atom. The second-order valence-corrected chi connectivity index (χ2v) is 8.53. The smallest absolute Gasteiger partial charge is 0.306 e. The van der Waals surface area contributed by atoms with Crippen molar-refractivity contribution in [2.24, 2.45) is 0 Å². The molecule has 1 unspecified atom stereocenters. The zero-order chi connectivity index (χ0) is 24.4. The summed E-state index contributed by atoms with van der Waals surface area (Å²) in [5.74, 6) is -1.22. The Kier molecular flexibility index (Phi) is 6.41. The molecule has 0 spiro atoms. The van der Waals surface area contributed by atoms with Gasteiger partial charge in [0, 0.05) is 29.2 Å². The van der Waals surface area contributed by atoms with E-state index in [1.165, 1.54) is 13.2 Å². The first-order chi connectivity index (χ1) is 16.3. The lowest BCUT2D eigenvalue weighted by atomic mass is 9.85. The number of fused-ring (bicyclic) bond motifs is 1. The lowest BCUT2D eigenvalue weighted by Gasteiger charge is -2.21. The molecule has 6 nitrogen and oxygen atoms in total. The molecule has 1 heterocycles. The molecule has 0 radical (unpaired) electrons. The van der Waals surface area contributed by atoms with Crippen molar-refractivity contribution in [1.29, 1.82) is 0 Å². The third kappa shape index (κ3) is 4.39. The summed E-state index contributed by atoms with van der Waals surface area (Å²) in [4.78, 5) is 25.4. The van der Waals surface area contributed by atoms with E-state index in [0.717, 1.165) is 17.2 Å². The van der Waals surface area contributed by atoms with Gasteiger partial charge in [0.25, 0.3) is 0 Å². The highest BCUT2D eigenvalue weighted by molar-refractivity contribution is 5.90. The summed E-state index contributed by atoms with van der Waals surface area (Å²) in [6, 6.07) is 19.2. The third-order valence-corrected chi connectivity index (χ3v) is 6.01. The van der Waals surface area contributed by atoms with E-state index >= 15 is 0 Å². The molecule has 0 aliphatic carbocycles. The standard InChI is InChI=1S/C28H26O6/c1-16(2)17-9-11-18(12-10-17)20(13-25(32)33-3)26-21(29)14-22(30)27-23(31)15-24(34-28(26)27)19-7-5-4-6-8-19/h4-12,14-16,20,29-30H,13H2,1-3H3. The van der Waals surface area contributed by atoms with Crippen molar-refractivity contribution < 1.29 is 24.2 Å². The maximum atomic E-state index is 13.0. The lowest BCUT2D eigenvalue weighted by molar-refractivity contribution is -0.140. The lowest BCUT2D eigenvalue weighted by Crippen LogP contribution is -2.12. The van der Waals surface area contributed by atoms with Gasteiger partial charge in [0.05, 0.1) is 13.5 Å². The van der Waals surface area contributed by atoms with Gasteiger partial charge in [0.2, 0.25) is 0 Å². The maximum Gasteiger partial charge on any atom is 0.306 e. The highest BCUT2D eigenvalue weighted by atomic mass is 16.5. The summed E-state index contributed by atoms with van der Waals surface area (Å²) in [5.41, 5.74) is 2.35. The number of methoxy groups -OCH3 is 1. The number of phenols is 2. The first-order valence-electron chi connectivity index (χ1n) is 11.0. The Labute approximate surface area is 197 Å². The molecule has 0 fully saturated rings. The molecule has 0 bridgehead atoms. The van der Waals surface area contributed by atoms with Crippen LogP contribution in [0.1, 0.15) is 48.8 Å². The molecule has 6 heteroatoms. The first kappa shape index (κ1) is 23.1. The Hall–Kier alpha value is -4.06. The maximum absolute atomic E-state index is 13.0. The van der Waals surface area contributed by atoms with Gasteiger partial charge in [-0.25, -0.2) is 0 Å². The summed E-state index contributed by atoms with van der Waals surface area (Å²) in [5, 5.41) is 21.4. The molecule has 1 aromatic heterocycles. The van der Waals surface area contributed by atoms with Crippen molar-refractivity contribution in [1.82, 2.24) is 0 Å². The minimum atomic E-state index is -0.675. The monoisotopic (exact) mass is 458 g/mol. The molecule has 4 aromatic rings. The Bertz CT molecular complexity index is 1380. The van der Waals surface area contributed by atoms with Crippen molar-refractivity contribution in [2.45, 2.75) is 32.1 Å². The normalized spacial score (nSPS) is 12.1. The number of benzene rings is 3. The largest absolute Gasteiger partial charge is 0.507 e. The molecule has 4 rings (SSSR count). The molecular weight excluding hydrogens is 432 g/mol. The summed E-state index contributed by atoms with van der Waals surface area (Å²) in [6.07, 6.45) is -0.0930. The number of rotatable bonds is 6. The van der Waals surface area contributed by atoms with Crippen LogP contribution in [0.25, 0.3) is 22.3 Å². The molecule has 0 aliphatic heterocycles. The second-order valence-electron chi connectivity index (χ2n) is 8.53. The molecule has 34 heavy (non-hydrogen) atoms. The highest BCUT2D eigenvalue weighted by Crippen LogP contribution is 2.43. The van der Waals surface area contributed by atoms with Crippen LogP contribution in [0.15, 0.2) is 75.9 Å². The van der Waals surface area contributed by atoms with E-state index < -0.39 is 23.1 Å². The van der Waals surface area contributed by atoms with Gasteiger partial charge in [0.15, 0.2) is 5.43 Å². The summed E-state index contributed by atoms with van der Waals surface area (Å²) >= 11 is 0. The van der Waals surface area contributed by atoms with Crippen LogP contribution in [0.5, 0.6) is 11.5 Å². The van der Waals surface area contributed by atoms with Crippen molar-refractivity contribution in [2.75, 3.05) is 7.11 Å². The number of carbonyl (C=O) groups excluding carboxylic acids is 1. The van der Waals surface area contributed by atoms with Crippen molar-refractivity contribution >= 4 is 16.9 Å². The van der Waals surface area contributed by atoms with Crippen LogP contribution in [0.4, 0.5) is 0 Å². The average Bonchev–Trinajstić information content (AvgIpc) is 2.83. The number of phenolic OH excluding ortho intramolecular Hbond substituents is 2. The van der Waals surface area contributed by atoms with Crippen LogP contribution >= 0.6 is 0 Å². The van der Waals surface area contributed by atoms with Gasteiger partial charge in [0.1, 0.15) is 28.2 Å². The minimum Gasteiger partial charge on any atom is -0.507 e. The first-order valence-corrected chi connectivity index (χ1v) is 11.0. The molecule has 0 saturated heterocycles. The fourth-order valence-corrected chi connectivity index (χ4v) is 4.15. The van der Waals surface area contributed by atoms with Crippen LogP contribution in [-0.2, 0) is 9.53 Å². The Morgan fingerprint density at radius 1 is 0.941 bits per heavy atom. The van der Waals surface area contributed by atoms with Crippen LogP contribution in [-0.4, -0.2) is 23.3 Å². The quantitative estimate of drug-likeness (QED) is 0.360. The van der Waals surface area contributed by atoms with Gasteiger partial charge in [-0.15, -0.1) is 0 Å². The molecule has 0 amide bonds. The fourth-order valence-electron chi connectivity index (χ4n) is 4.15. The van der Waals surface area contributed by atoms with Gasteiger partial charge in [-0.1, -0.05) is 68.4 Å². The highest BCUT2D eigenvalue weighted by Gasteiger charge is 2.28. The number of esters is 1. The zero-order valence-electron chi connectivity index (χ0n) is 19.2. The van der Waals surface area contributed by atoms with Crippen LogP contribution in [0.3, 0.4) is 0 Å². The molecular formula is C28H26O6. The molecule has 0 aliphatic rings. The molecule has 1 atom stereocenters. The van der Waals surface area contributed by atoms with Crippen molar-refractivity contribution in [3.05, 3.63) is 93.6 Å². The van der Waals surface area contributed by atoms with E-state index in [4.69, 9.17) is 9.15 Å². The van der Waals surface area contributed by atoms with Crippen molar-refractivity contribution in [3.63, 3.8) is 0 Å². The van der Waals surface area contributed by atoms with Gasteiger partial charge >= 0.3 is 5.97 Å². The number of ether oxygens (including phenoxy) is 1. The summed E-state index contributed by atoms with van der Waals surface area (Å²) in [6.45, 7) is 4.17. The van der Waals surface area contributed by atoms with E-state index in [0.29, 0.717) is 11.5 Å². The summed E-state index contributed by atoms with van der Waals surface area (Å²) in [7, 11) is 1.30. The third-order valence-electron chi connectivity index (χ3n) is 6.01. The van der Waals surface area contributed by atoms with Crippen LogP contribution < -0.4 is 5.43 Å². The van der Waals surface area contributed by atoms with Crippen molar-refractivity contribution in [3.8, 4) is 22.8 Å². The predicted molar refractivity (Wildman–Crippen MR) is 130 cm³/mol. The van der Waals surface area contributed by atoms with Gasteiger partial charge < -0.3 is 19.4 Å². The summed E-state index contributed by atoms with van der Waals surface area (Å²) < 4.78 is 11.0. The van der Waals surface area contributed by atoms with E-state index in [-0.39, 0.29) is 34.5 Å². The van der Waals surface area contributed by atoms with Gasteiger partial charge in [-0.3, -0.25) is 9.59 Å². The van der Waals surface area contributed by atoms with E-state index in [9.17, 15) is 19.8 Å². The number of hydrogen-bond donors (Lipinski definition) is 2. The average molecular weight is 459 g/mol. The molecule has 174 valence electrons. The Balaban J connectivity index is 2.00. The number of carbonyl (C=O) groups is 1. The second kappa shape index (κ2) is 9.43. The Morgan fingerprint density at radius 2 is 1.59 bits per heavy atom. The topological polar surface area (TPSA) is 97.0 Å². The predicted octanol–water partition coefficient (Wildman–Crippen LogP) is 5.69. The molecule has 2 N–H and O–H groups in total. The van der Waals surface area contributed by atoms with Gasteiger partial charge in [-0.05, 0) is 17.0 Å². The van der Waals surface area contributed by atoms with E-state index in [1.54, 1.807) is 12.1 Å². The van der Waals surface area contributed by atoms with Gasteiger partial charge in [-0.2, -0.15) is 0 Å². The minimum absolute atomic E-state index is 0.0330. The van der Waals surface area contributed by atoms with E-state index in [1.807, 2.05) is 42.5 Å². The van der Waals surface area contributed by atoms with E-state index in [2.05, 4.69) is 13.8 Å². The molecule has 3 aromatic carbocycles. The van der Waals surface area contributed by atoms with Crippen LogP contribution in [0, 0.1) is 0 Å². The number of aromatic hydroxyl groups is 2. The SMILES string of the molecule is COC(=O)CC(c1ccc(C(C)C)cc1)c1c(O)cc(O)c2c(=O)cc(-c3ccccc3)oc12. The van der Waals surface area contributed by atoms with Crippen LogP contribution in [0.2, 0.25) is 0 Å². The fraction of sp³-hybridized carbons (Fsp3) is 0.214. The number of hydrogen-bond acceptors (Lipinski definition) is 6.